The minimum atomic E-state index is -0.265. The Morgan fingerprint density at radius 3 is 2.47 bits per heavy atom. The van der Waals surface area contributed by atoms with E-state index in [0.29, 0.717) is 0 Å². The third-order valence-corrected chi connectivity index (χ3v) is 3.89. The largest absolute Gasteiger partial charge is 0.497 e. The summed E-state index contributed by atoms with van der Waals surface area (Å²) in [5, 5.41) is 3.08. The average molecular weight is 261 g/mol. The van der Waals surface area contributed by atoms with Gasteiger partial charge in [0.05, 0.1) is 12.5 Å². The molecule has 1 aromatic carbocycles. The molecule has 104 valence electrons. The summed E-state index contributed by atoms with van der Waals surface area (Å²) in [6.07, 6.45) is 5.34. The molecule has 0 bridgehead atoms. The van der Waals surface area contributed by atoms with E-state index in [2.05, 4.69) is 12.2 Å². The fourth-order valence-electron chi connectivity index (χ4n) is 2.43. The average Bonchev–Trinajstić information content (AvgIpc) is 3.25. The van der Waals surface area contributed by atoms with Gasteiger partial charge in [-0.25, -0.2) is 0 Å². The van der Waals surface area contributed by atoms with Crippen LogP contribution in [-0.4, -0.2) is 19.6 Å². The molecule has 1 N–H and O–H groups in total. The SMILES string of the molecule is CCCCCNC(=O)C1(c2ccc(OC)cc2)CC1. The van der Waals surface area contributed by atoms with Crippen LogP contribution in [-0.2, 0) is 10.2 Å². The number of ether oxygens (including phenoxy) is 1. The van der Waals surface area contributed by atoms with Gasteiger partial charge in [-0.3, -0.25) is 4.79 Å². The van der Waals surface area contributed by atoms with Crippen molar-refractivity contribution in [2.75, 3.05) is 13.7 Å². The zero-order valence-corrected chi connectivity index (χ0v) is 11.9. The fourth-order valence-corrected chi connectivity index (χ4v) is 2.43. The summed E-state index contributed by atoms with van der Waals surface area (Å²) in [7, 11) is 1.66. The molecule has 0 atom stereocenters. The highest BCUT2D eigenvalue weighted by molar-refractivity contribution is 5.91. The monoisotopic (exact) mass is 261 g/mol. The van der Waals surface area contributed by atoms with Crippen LogP contribution in [0.3, 0.4) is 0 Å². The quantitative estimate of drug-likeness (QED) is 0.766. The number of unbranched alkanes of at least 4 members (excludes halogenated alkanes) is 2. The number of hydrogen-bond donors (Lipinski definition) is 1. The third-order valence-electron chi connectivity index (χ3n) is 3.89. The lowest BCUT2D eigenvalue weighted by molar-refractivity contribution is -0.123. The molecule has 0 heterocycles. The Morgan fingerprint density at radius 2 is 1.95 bits per heavy atom. The number of hydrogen-bond acceptors (Lipinski definition) is 2. The molecule has 0 radical (unpaired) electrons. The number of nitrogens with one attached hydrogen (secondary N) is 1. The van der Waals surface area contributed by atoms with Crippen molar-refractivity contribution < 1.29 is 9.53 Å². The Balaban J connectivity index is 1.95. The van der Waals surface area contributed by atoms with Gasteiger partial charge in [-0.05, 0) is 37.0 Å². The maximum absolute atomic E-state index is 12.3. The van der Waals surface area contributed by atoms with Crippen molar-refractivity contribution in [2.24, 2.45) is 0 Å². The predicted molar refractivity (Wildman–Crippen MR) is 76.4 cm³/mol. The Bertz CT molecular complexity index is 421. The topological polar surface area (TPSA) is 38.3 Å². The van der Waals surface area contributed by atoms with Crippen LogP contribution in [0.1, 0.15) is 44.6 Å². The summed E-state index contributed by atoms with van der Waals surface area (Å²) in [5.41, 5.74) is 0.847. The van der Waals surface area contributed by atoms with Crippen molar-refractivity contribution in [3.8, 4) is 5.75 Å². The molecular formula is C16H23NO2. The second-order valence-corrected chi connectivity index (χ2v) is 5.27. The van der Waals surface area contributed by atoms with Gasteiger partial charge >= 0.3 is 0 Å². The molecule has 0 spiro atoms. The first kappa shape index (κ1) is 13.9. The van der Waals surface area contributed by atoms with Crippen LogP contribution >= 0.6 is 0 Å². The zero-order chi connectivity index (χ0) is 13.7. The highest BCUT2D eigenvalue weighted by Crippen LogP contribution is 2.48. The molecular weight excluding hydrogens is 238 g/mol. The number of amides is 1. The molecule has 0 unspecified atom stereocenters. The van der Waals surface area contributed by atoms with Gasteiger partial charge in [-0.15, -0.1) is 0 Å². The van der Waals surface area contributed by atoms with Gasteiger partial charge in [0.15, 0.2) is 0 Å². The number of carbonyl (C=O) groups is 1. The van der Waals surface area contributed by atoms with Crippen LogP contribution in [0.2, 0.25) is 0 Å². The molecule has 1 aromatic rings. The molecule has 1 amide bonds. The van der Waals surface area contributed by atoms with Crippen LogP contribution in [0.4, 0.5) is 0 Å². The molecule has 3 heteroatoms. The first-order valence-electron chi connectivity index (χ1n) is 7.16. The van der Waals surface area contributed by atoms with Crippen molar-refractivity contribution in [1.82, 2.24) is 5.32 Å². The summed E-state index contributed by atoms with van der Waals surface area (Å²) in [6, 6.07) is 7.88. The summed E-state index contributed by atoms with van der Waals surface area (Å²) < 4.78 is 5.15. The predicted octanol–water partition coefficient (Wildman–Crippen LogP) is 3.03. The fraction of sp³-hybridized carbons (Fsp3) is 0.562. The number of carbonyl (C=O) groups excluding carboxylic acids is 1. The van der Waals surface area contributed by atoms with E-state index in [1.165, 1.54) is 12.8 Å². The van der Waals surface area contributed by atoms with Gasteiger partial charge in [0.25, 0.3) is 0 Å². The van der Waals surface area contributed by atoms with E-state index < -0.39 is 0 Å². The summed E-state index contributed by atoms with van der Waals surface area (Å²) >= 11 is 0. The molecule has 0 aliphatic heterocycles. The number of methoxy groups -OCH3 is 1. The van der Waals surface area contributed by atoms with Crippen LogP contribution in [0, 0.1) is 0 Å². The molecule has 19 heavy (non-hydrogen) atoms. The van der Waals surface area contributed by atoms with Crippen molar-refractivity contribution >= 4 is 5.91 Å². The third kappa shape index (κ3) is 3.09. The van der Waals surface area contributed by atoms with E-state index in [9.17, 15) is 4.79 Å². The summed E-state index contributed by atoms with van der Waals surface area (Å²) in [5.74, 6) is 1.02. The van der Waals surface area contributed by atoms with Gasteiger partial charge in [-0.2, -0.15) is 0 Å². The van der Waals surface area contributed by atoms with E-state index >= 15 is 0 Å². The van der Waals surface area contributed by atoms with Crippen LogP contribution in [0.15, 0.2) is 24.3 Å². The lowest BCUT2D eigenvalue weighted by Crippen LogP contribution is -2.35. The molecule has 0 saturated heterocycles. The van der Waals surface area contributed by atoms with E-state index in [4.69, 9.17) is 4.74 Å². The Labute approximate surface area is 115 Å². The summed E-state index contributed by atoms with van der Waals surface area (Å²) in [6.45, 7) is 2.96. The van der Waals surface area contributed by atoms with E-state index in [0.717, 1.165) is 37.1 Å². The summed E-state index contributed by atoms with van der Waals surface area (Å²) in [4.78, 5) is 12.3. The maximum atomic E-state index is 12.3. The molecule has 1 aliphatic rings. The number of rotatable bonds is 7. The minimum absolute atomic E-state index is 0.189. The highest BCUT2D eigenvalue weighted by atomic mass is 16.5. The highest BCUT2D eigenvalue weighted by Gasteiger charge is 2.50. The van der Waals surface area contributed by atoms with Crippen LogP contribution in [0.5, 0.6) is 5.75 Å². The van der Waals surface area contributed by atoms with E-state index in [1.54, 1.807) is 7.11 Å². The zero-order valence-electron chi connectivity index (χ0n) is 11.9. The van der Waals surface area contributed by atoms with Crippen molar-refractivity contribution in [2.45, 2.75) is 44.4 Å². The smallest absolute Gasteiger partial charge is 0.230 e. The van der Waals surface area contributed by atoms with Gasteiger partial charge in [0, 0.05) is 6.54 Å². The van der Waals surface area contributed by atoms with E-state index in [-0.39, 0.29) is 11.3 Å². The molecule has 1 fully saturated rings. The standard InChI is InChI=1S/C16H23NO2/c1-3-4-5-12-17-15(18)16(10-11-16)13-6-8-14(19-2)9-7-13/h6-9H,3-5,10-12H2,1-2H3,(H,17,18). The lowest BCUT2D eigenvalue weighted by Gasteiger charge is -2.16. The Kier molecular flexibility index (Phi) is 4.46. The second kappa shape index (κ2) is 6.09. The van der Waals surface area contributed by atoms with Crippen LogP contribution in [0.25, 0.3) is 0 Å². The van der Waals surface area contributed by atoms with Gasteiger partial charge < -0.3 is 10.1 Å². The van der Waals surface area contributed by atoms with Gasteiger partial charge in [0.1, 0.15) is 5.75 Å². The normalized spacial score (nSPS) is 15.9. The van der Waals surface area contributed by atoms with E-state index in [1.807, 2.05) is 24.3 Å². The van der Waals surface area contributed by atoms with Gasteiger partial charge in [-0.1, -0.05) is 31.9 Å². The molecule has 1 aliphatic carbocycles. The molecule has 1 saturated carbocycles. The van der Waals surface area contributed by atoms with Crippen molar-refractivity contribution in [3.05, 3.63) is 29.8 Å². The molecule has 0 aromatic heterocycles. The maximum Gasteiger partial charge on any atom is 0.230 e. The van der Waals surface area contributed by atoms with Crippen LogP contribution < -0.4 is 10.1 Å². The minimum Gasteiger partial charge on any atom is -0.497 e. The molecule has 2 rings (SSSR count). The lowest BCUT2D eigenvalue weighted by atomic mass is 9.95. The first-order valence-corrected chi connectivity index (χ1v) is 7.16. The Hall–Kier alpha value is -1.51. The number of benzene rings is 1. The van der Waals surface area contributed by atoms with Crippen molar-refractivity contribution in [3.63, 3.8) is 0 Å². The second-order valence-electron chi connectivity index (χ2n) is 5.27. The Morgan fingerprint density at radius 1 is 1.26 bits per heavy atom. The first-order chi connectivity index (χ1) is 9.23. The van der Waals surface area contributed by atoms with Crippen molar-refractivity contribution in [1.29, 1.82) is 0 Å². The molecule has 3 nitrogen and oxygen atoms in total. The van der Waals surface area contributed by atoms with Gasteiger partial charge in [0.2, 0.25) is 5.91 Å².